The first-order valence-electron chi connectivity index (χ1n) is 7.19. The summed E-state index contributed by atoms with van der Waals surface area (Å²) in [7, 11) is -0.400. The number of hydrogen-bond acceptors (Lipinski definition) is 4. The Bertz CT molecular complexity index is 485. The van der Waals surface area contributed by atoms with Crippen LogP contribution in [0.2, 0.25) is 0 Å². The summed E-state index contributed by atoms with van der Waals surface area (Å²) in [6.07, 6.45) is 2.72. The minimum atomic E-state index is -0.400. The smallest absolute Gasteiger partial charge is 0.398 e. The van der Waals surface area contributed by atoms with Crippen molar-refractivity contribution in [2.75, 3.05) is 0 Å². The van der Waals surface area contributed by atoms with Crippen LogP contribution in [0.1, 0.15) is 45.7 Å². The molecular weight excluding hydrogens is 251 g/mol. The van der Waals surface area contributed by atoms with Gasteiger partial charge in [0.15, 0.2) is 0 Å². The number of aromatic nitrogens is 1. The van der Waals surface area contributed by atoms with Gasteiger partial charge in [0, 0.05) is 12.2 Å². The second-order valence-corrected chi connectivity index (χ2v) is 6.81. The highest BCUT2D eigenvalue weighted by atomic mass is 16.7. The van der Waals surface area contributed by atoms with Gasteiger partial charge in [-0.15, -0.1) is 0 Å². The number of aryl methyl sites for hydroxylation is 1. The zero-order valence-corrected chi connectivity index (χ0v) is 13.4. The van der Waals surface area contributed by atoms with Crippen LogP contribution in [0, 0.1) is 6.92 Å². The highest BCUT2D eigenvalue weighted by Gasteiger charge is 2.52. The van der Waals surface area contributed by atoms with Gasteiger partial charge in [-0.2, -0.15) is 0 Å². The first-order chi connectivity index (χ1) is 9.12. The van der Waals surface area contributed by atoms with Crippen LogP contribution in [0.25, 0.3) is 0 Å². The minimum Gasteiger partial charge on any atom is -0.398 e. The van der Waals surface area contributed by atoms with Gasteiger partial charge in [0.2, 0.25) is 0 Å². The molecule has 2 rings (SSSR count). The fourth-order valence-electron chi connectivity index (χ4n) is 2.26. The van der Waals surface area contributed by atoms with Crippen molar-refractivity contribution in [2.24, 2.45) is 5.73 Å². The molecule has 5 heteroatoms. The van der Waals surface area contributed by atoms with Crippen LogP contribution >= 0.6 is 0 Å². The molecule has 2 heterocycles. The molecule has 1 fully saturated rings. The van der Waals surface area contributed by atoms with Gasteiger partial charge < -0.3 is 15.0 Å². The van der Waals surface area contributed by atoms with Crippen LogP contribution in [-0.2, 0) is 15.7 Å². The molecule has 1 aliphatic rings. The van der Waals surface area contributed by atoms with Crippen LogP contribution in [0.4, 0.5) is 0 Å². The number of rotatable bonds is 3. The molecule has 4 nitrogen and oxygen atoms in total. The van der Waals surface area contributed by atoms with Gasteiger partial charge in [-0.1, -0.05) is 0 Å². The molecule has 1 saturated heterocycles. The van der Waals surface area contributed by atoms with Gasteiger partial charge in [-0.3, -0.25) is 4.98 Å². The maximum atomic E-state index is 6.02. The van der Waals surface area contributed by atoms with Crippen molar-refractivity contribution in [3.05, 3.63) is 23.4 Å². The third-order valence-electron chi connectivity index (χ3n) is 4.28. The van der Waals surface area contributed by atoms with E-state index in [0.717, 1.165) is 12.0 Å². The monoisotopic (exact) mass is 276 g/mol. The van der Waals surface area contributed by atoms with Crippen molar-refractivity contribution < 1.29 is 9.31 Å². The summed E-state index contributed by atoms with van der Waals surface area (Å²) in [6, 6.07) is 2.18. The SMILES string of the molecule is Cc1cc(B2OC(C)(C)C(C)(C)O2)ncc1CC(C)N. The second kappa shape index (κ2) is 5.13. The Hall–Kier alpha value is -0.905. The molecule has 0 radical (unpaired) electrons. The normalized spacial score (nSPS) is 22.1. The van der Waals surface area contributed by atoms with Crippen LogP contribution in [0.15, 0.2) is 12.3 Å². The van der Waals surface area contributed by atoms with Crippen LogP contribution < -0.4 is 11.3 Å². The predicted molar refractivity (Wildman–Crippen MR) is 82.0 cm³/mol. The maximum absolute atomic E-state index is 6.02. The van der Waals surface area contributed by atoms with E-state index in [-0.39, 0.29) is 17.2 Å². The lowest BCUT2D eigenvalue weighted by Crippen LogP contribution is -2.41. The van der Waals surface area contributed by atoms with Gasteiger partial charge in [-0.25, -0.2) is 0 Å². The van der Waals surface area contributed by atoms with E-state index < -0.39 is 7.12 Å². The zero-order chi connectivity index (χ0) is 15.1. The molecule has 0 spiro atoms. The predicted octanol–water partition coefficient (Wildman–Crippen LogP) is 1.58. The average molecular weight is 276 g/mol. The lowest BCUT2D eigenvalue weighted by atomic mass is 9.83. The summed E-state index contributed by atoms with van der Waals surface area (Å²) in [5, 5.41) is 0. The number of hydrogen-bond donors (Lipinski definition) is 1. The Morgan fingerprint density at radius 3 is 2.25 bits per heavy atom. The molecule has 0 saturated carbocycles. The third kappa shape index (κ3) is 2.90. The van der Waals surface area contributed by atoms with E-state index in [1.165, 1.54) is 11.1 Å². The molecule has 0 aliphatic carbocycles. The standard InChI is InChI=1S/C15H25BN2O2/c1-10-7-13(18-9-12(10)8-11(2)17)16-19-14(3,4)15(5,6)20-16/h7,9,11H,8,17H2,1-6H3. The summed E-state index contributed by atoms with van der Waals surface area (Å²) >= 11 is 0. The quantitative estimate of drug-likeness (QED) is 0.852. The molecular formula is C15H25BN2O2. The van der Waals surface area contributed by atoms with Crippen molar-refractivity contribution in [1.29, 1.82) is 0 Å². The molecule has 110 valence electrons. The largest absolute Gasteiger partial charge is 0.514 e. The summed E-state index contributed by atoms with van der Waals surface area (Å²) in [5.41, 5.74) is 8.37. The van der Waals surface area contributed by atoms with Crippen LogP contribution in [0.3, 0.4) is 0 Å². The Morgan fingerprint density at radius 2 is 1.80 bits per heavy atom. The van der Waals surface area contributed by atoms with Crippen molar-refractivity contribution in [3.63, 3.8) is 0 Å². The fraction of sp³-hybridized carbons (Fsp3) is 0.667. The van der Waals surface area contributed by atoms with E-state index >= 15 is 0 Å². The van der Waals surface area contributed by atoms with Gasteiger partial charge in [0.1, 0.15) is 0 Å². The fourth-order valence-corrected chi connectivity index (χ4v) is 2.26. The van der Waals surface area contributed by atoms with E-state index in [4.69, 9.17) is 15.0 Å². The van der Waals surface area contributed by atoms with Gasteiger partial charge in [0.05, 0.1) is 16.8 Å². The lowest BCUT2D eigenvalue weighted by Gasteiger charge is -2.32. The molecule has 1 atom stereocenters. The first-order valence-corrected chi connectivity index (χ1v) is 7.19. The minimum absolute atomic E-state index is 0.137. The summed E-state index contributed by atoms with van der Waals surface area (Å²) in [5.74, 6) is 0. The summed E-state index contributed by atoms with van der Waals surface area (Å²) < 4.78 is 12.0. The number of pyridine rings is 1. The zero-order valence-electron chi connectivity index (χ0n) is 13.4. The van der Waals surface area contributed by atoms with Crippen LogP contribution in [0.5, 0.6) is 0 Å². The Morgan fingerprint density at radius 1 is 1.25 bits per heavy atom. The van der Waals surface area contributed by atoms with E-state index in [2.05, 4.69) is 11.9 Å². The van der Waals surface area contributed by atoms with Crippen molar-refractivity contribution in [2.45, 2.75) is 65.2 Å². The maximum Gasteiger partial charge on any atom is 0.514 e. The summed E-state index contributed by atoms with van der Waals surface area (Å²) in [6.45, 7) is 12.3. The van der Waals surface area contributed by atoms with Crippen molar-refractivity contribution in [1.82, 2.24) is 4.98 Å². The molecule has 1 unspecified atom stereocenters. The Balaban J connectivity index is 2.22. The topological polar surface area (TPSA) is 57.4 Å². The Labute approximate surface area is 122 Å². The highest BCUT2D eigenvalue weighted by Crippen LogP contribution is 2.36. The molecule has 0 aromatic carbocycles. The van der Waals surface area contributed by atoms with E-state index in [1.807, 2.05) is 46.9 Å². The molecule has 2 N–H and O–H groups in total. The summed E-state index contributed by atoms with van der Waals surface area (Å²) in [4.78, 5) is 4.50. The average Bonchev–Trinajstić information content (AvgIpc) is 2.50. The molecule has 1 aromatic rings. The van der Waals surface area contributed by atoms with Gasteiger partial charge in [-0.05, 0) is 65.2 Å². The highest BCUT2D eigenvalue weighted by molar-refractivity contribution is 6.61. The van der Waals surface area contributed by atoms with E-state index in [0.29, 0.717) is 0 Å². The van der Waals surface area contributed by atoms with Gasteiger partial charge in [0.25, 0.3) is 0 Å². The molecule has 0 amide bonds. The molecule has 20 heavy (non-hydrogen) atoms. The second-order valence-electron chi connectivity index (χ2n) is 6.81. The number of nitrogens with two attached hydrogens (primary N) is 1. The Kier molecular flexibility index (Phi) is 3.97. The molecule has 1 aliphatic heterocycles. The van der Waals surface area contributed by atoms with E-state index in [9.17, 15) is 0 Å². The number of nitrogens with zero attached hydrogens (tertiary/aromatic N) is 1. The van der Waals surface area contributed by atoms with Crippen molar-refractivity contribution >= 4 is 12.7 Å². The third-order valence-corrected chi connectivity index (χ3v) is 4.28. The van der Waals surface area contributed by atoms with Crippen LogP contribution in [-0.4, -0.2) is 29.3 Å². The van der Waals surface area contributed by atoms with E-state index in [1.54, 1.807) is 0 Å². The molecule has 1 aromatic heterocycles. The van der Waals surface area contributed by atoms with Gasteiger partial charge >= 0.3 is 7.12 Å². The van der Waals surface area contributed by atoms with Crippen molar-refractivity contribution in [3.8, 4) is 0 Å². The molecule has 0 bridgehead atoms. The lowest BCUT2D eigenvalue weighted by molar-refractivity contribution is 0.00578. The first kappa shape index (κ1) is 15.5.